The van der Waals surface area contributed by atoms with Gasteiger partial charge < -0.3 is 15.5 Å². The second-order valence-electron chi connectivity index (χ2n) is 5.45. The van der Waals surface area contributed by atoms with Crippen molar-refractivity contribution in [2.24, 2.45) is 0 Å². The topological polar surface area (TPSA) is 52.5 Å². The molecule has 0 saturated heterocycles. The molecule has 2 rings (SSSR count). The molecule has 0 unspecified atom stereocenters. The molecule has 1 fully saturated rings. The third kappa shape index (κ3) is 3.24. The van der Waals surface area contributed by atoms with Crippen molar-refractivity contribution in [3.8, 4) is 5.75 Å². The number of hydrogen-bond donors (Lipinski definition) is 3. The molecule has 100 valence electrons. The van der Waals surface area contributed by atoms with Crippen molar-refractivity contribution in [3.63, 3.8) is 0 Å². The highest BCUT2D eigenvalue weighted by Crippen LogP contribution is 2.23. The molecular weight excluding hydrogens is 226 g/mol. The van der Waals surface area contributed by atoms with Gasteiger partial charge in [0.25, 0.3) is 0 Å². The molecule has 3 heteroatoms. The first-order valence-electron chi connectivity index (χ1n) is 6.77. The van der Waals surface area contributed by atoms with Gasteiger partial charge in [0.2, 0.25) is 0 Å². The number of phenols is 1. The predicted octanol–water partition coefficient (Wildman–Crippen LogP) is 2.40. The van der Waals surface area contributed by atoms with Crippen LogP contribution in [0.2, 0.25) is 0 Å². The first-order valence-corrected chi connectivity index (χ1v) is 6.77. The number of aryl methyl sites for hydroxylation is 2. The molecule has 3 nitrogen and oxygen atoms in total. The van der Waals surface area contributed by atoms with E-state index in [9.17, 15) is 10.2 Å². The van der Waals surface area contributed by atoms with E-state index in [4.69, 9.17) is 0 Å². The second-order valence-corrected chi connectivity index (χ2v) is 5.45. The summed E-state index contributed by atoms with van der Waals surface area (Å²) in [4.78, 5) is 0. The van der Waals surface area contributed by atoms with Gasteiger partial charge in [-0.25, -0.2) is 0 Å². The van der Waals surface area contributed by atoms with E-state index in [2.05, 4.69) is 18.3 Å². The Balaban J connectivity index is 1.92. The molecule has 0 heterocycles. The normalized spacial score (nSPS) is 24.2. The Morgan fingerprint density at radius 1 is 1.11 bits per heavy atom. The lowest BCUT2D eigenvalue weighted by Gasteiger charge is -2.26. The summed E-state index contributed by atoms with van der Waals surface area (Å²) >= 11 is 0. The average Bonchev–Trinajstić information content (AvgIpc) is 2.34. The zero-order valence-corrected chi connectivity index (χ0v) is 11.2. The number of nitrogens with one attached hydrogen (secondary N) is 1. The van der Waals surface area contributed by atoms with Crippen LogP contribution < -0.4 is 5.32 Å². The third-order valence-electron chi connectivity index (χ3n) is 3.97. The minimum Gasteiger partial charge on any atom is -0.508 e. The van der Waals surface area contributed by atoms with Gasteiger partial charge in [0.1, 0.15) is 5.75 Å². The fourth-order valence-electron chi connectivity index (χ4n) is 2.54. The van der Waals surface area contributed by atoms with Crippen molar-refractivity contribution < 1.29 is 10.2 Å². The molecule has 1 aromatic rings. The molecule has 0 aromatic heterocycles. The SMILES string of the molecule is Cc1cc(O)c(CNC2CCC(O)CC2)cc1C. The number of phenolic OH excluding ortho intramolecular Hbond substituents is 1. The zero-order valence-electron chi connectivity index (χ0n) is 11.2. The zero-order chi connectivity index (χ0) is 13.1. The van der Waals surface area contributed by atoms with Gasteiger partial charge in [0, 0.05) is 18.2 Å². The van der Waals surface area contributed by atoms with Crippen LogP contribution in [0.1, 0.15) is 42.4 Å². The first-order chi connectivity index (χ1) is 8.56. The Labute approximate surface area is 109 Å². The van der Waals surface area contributed by atoms with Crippen LogP contribution in [-0.2, 0) is 6.54 Å². The molecule has 1 aliphatic rings. The van der Waals surface area contributed by atoms with E-state index < -0.39 is 0 Å². The monoisotopic (exact) mass is 249 g/mol. The lowest BCUT2D eigenvalue weighted by molar-refractivity contribution is 0.116. The van der Waals surface area contributed by atoms with Crippen LogP contribution in [0.3, 0.4) is 0 Å². The van der Waals surface area contributed by atoms with Crippen LogP contribution in [0.4, 0.5) is 0 Å². The maximum absolute atomic E-state index is 9.91. The van der Waals surface area contributed by atoms with Gasteiger partial charge in [-0.05, 0) is 56.7 Å². The van der Waals surface area contributed by atoms with Crippen molar-refractivity contribution in [1.29, 1.82) is 0 Å². The largest absolute Gasteiger partial charge is 0.508 e. The highest BCUT2D eigenvalue weighted by Gasteiger charge is 2.19. The maximum atomic E-state index is 9.91. The summed E-state index contributed by atoms with van der Waals surface area (Å²) in [6, 6.07) is 4.35. The fraction of sp³-hybridized carbons (Fsp3) is 0.600. The van der Waals surface area contributed by atoms with Crippen LogP contribution in [0.5, 0.6) is 5.75 Å². The summed E-state index contributed by atoms with van der Waals surface area (Å²) in [5, 5.41) is 22.8. The molecule has 0 bridgehead atoms. The molecule has 18 heavy (non-hydrogen) atoms. The van der Waals surface area contributed by atoms with E-state index in [0.29, 0.717) is 18.3 Å². The minimum absolute atomic E-state index is 0.113. The van der Waals surface area contributed by atoms with Gasteiger partial charge in [0.05, 0.1) is 6.10 Å². The molecule has 0 aliphatic heterocycles. The van der Waals surface area contributed by atoms with Gasteiger partial charge in [-0.3, -0.25) is 0 Å². The Morgan fingerprint density at radius 2 is 1.72 bits per heavy atom. The number of rotatable bonds is 3. The number of benzene rings is 1. The highest BCUT2D eigenvalue weighted by molar-refractivity contribution is 5.40. The highest BCUT2D eigenvalue weighted by atomic mass is 16.3. The lowest BCUT2D eigenvalue weighted by atomic mass is 9.93. The number of hydrogen-bond acceptors (Lipinski definition) is 3. The molecular formula is C15H23NO2. The number of aliphatic hydroxyl groups is 1. The standard InChI is InChI=1S/C15H23NO2/c1-10-7-12(15(18)8-11(10)2)9-16-13-3-5-14(17)6-4-13/h7-8,13-14,16-18H,3-6,9H2,1-2H3. The van der Waals surface area contributed by atoms with E-state index in [1.54, 1.807) is 0 Å². The summed E-state index contributed by atoms with van der Waals surface area (Å²) in [5.41, 5.74) is 3.30. The van der Waals surface area contributed by atoms with Crippen molar-refractivity contribution in [2.75, 3.05) is 0 Å². The molecule has 1 aliphatic carbocycles. The van der Waals surface area contributed by atoms with Gasteiger partial charge in [-0.2, -0.15) is 0 Å². The van der Waals surface area contributed by atoms with Gasteiger partial charge in [-0.1, -0.05) is 6.07 Å². The van der Waals surface area contributed by atoms with Crippen LogP contribution in [0.25, 0.3) is 0 Å². The van der Waals surface area contributed by atoms with Crippen LogP contribution in [-0.4, -0.2) is 22.4 Å². The van der Waals surface area contributed by atoms with E-state index in [1.165, 1.54) is 5.56 Å². The molecule has 0 spiro atoms. The van der Waals surface area contributed by atoms with Gasteiger partial charge in [0.15, 0.2) is 0 Å². The van der Waals surface area contributed by atoms with Crippen molar-refractivity contribution in [1.82, 2.24) is 5.32 Å². The van der Waals surface area contributed by atoms with Gasteiger partial charge >= 0.3 is 0 Å². The average molecular weight is 249 g/mol. The fourth-order valence-corrected chi connectivity index (χ4v) is 2.54. The van der Waals surface area contributed by atoms with Crippen LogP contribution in [0.15, 0.2) is 12.1 Å². The van der Waals surface area contributed by atoms with Crippen molar-refractivity contribution in [3.05, 3.63) is 28.8 Å². The Kier molecular flexibility index (Phi) is 4.25. The summed E-state index contributed by atoms with van der Waals surface area (Å²) in [5.74, 6) is 0.376. The van der Waals surface area contributed by atoms with Crippen molar-refractivity contribution >= 4 is 0 Å². The van der Waals surface area contributed by atoms with E-state index in [1.807, 2.05) is 13.0 Å². The molecule has 1 saturated carbocycles. The molecule has 1 aromatic carbocycles. The van der Waals surface area contributed by atoms with E-state index in [0.717, 1.165) is 36.8 Å². The molecule has 0 radical (unpaired) electrons. The molecule has 0 amide bonds. The third-order valence-corrected chi connectivity index (χ3v) is 3.97. The first kappa shape index (κ1) is 13.4. The smallest absolute Gasteiger partial charge is 0.120 e. The number of aromatic hydroxyl groups is 1. The predicted molar refractivity (Wildman–Crippen MR) is 72.7 cm³/mol. The van der Waals surface area contributed by atoms with E-state index >= 15 is 0 Å². The van der Waals surface area contributed by atoms with Gasteiger partial charge in [-0.15, -0.1) is 0 Å². The number of aliphatic hydroxyl groups excluding tert-OH is 1. The summed E-state index contributed by atoms with van der Waals surface area (Å²) < 4.78 is 0. The quantitative estimate of drug-likeness (QED) is 0.771. The minimum atomic E-state index is -0.113. The Morgan fingerprint density at radius 3 is 2.39 bits per heavy atom. The molecule has 0 atom stereocenters. The van der Waals surface area contributed by atoms with Crippen LogP contribution >= 0.6 is 0 Å². The Hall–Kier alpha value is -1.06. The second kappa shape index (κ2) is 5.72. The summed E-state index contributed by atoms with van der Waals surface area (Å²) in [7, 11) is 0. The Bertz CT molecular complexity index is 409. The maximum Gasteiger partial charge on any atom is 0.120 e. The summed E-state index contributed by atoms with van der Waals surface area (Å²) in [6.07, 6.45) is 3.70. The molecule has 3 N–H and O–H groups in total. The van der Waals surface area contributed by atoms with Crippen LogP contribution in [0, 0.1) is 13.8 Å². The van der Waals surface area contributed by atoms with Crippen molar-refractivity contribution in [2.45, 2.75) is 58.2 Å². The van der Waals surface area contributed by atoms with E-state index in [-0.39, 0.29) is 6.10 Å². The summed E-state index contributed by atoms with van der Waals surface area (Å²) in [6.45, 7) is 4.78. The lowest BCUT2D eigenvalue weighted by Crippen LogP contribution is -2.34.